The SMILES string of the molecule is CCc1cc(Cl)cc(OC(F)(F)F)c1C1=C(OCS(C)(=O)=O)C2CCCN2C1=O. The van der Waals surface area contributed by atoms with Gasteiger partial charge in [-0.05, 0) is 37.0 Å². The highest BCUT2D eigenvalue weighted by molar-refractivity contribution is 7.90. The lowest BCUT2D eigenvalue weighted by Crippen LogP contribution is -2.30. The molecule has 1 saturated heterocycles. The molecular formula is C18H19ClF3NO5S. The van der Waals surface area contributed by atoms with E-state index in [9.17, 15) is 26.4 Å². The maximum atomic E-state index is 13.1. The van der Waals surface area contributed by atoms with E-state index < -0.39 is 39.8 Å². The fraction of sp³-hybridized carbons (Fsp3) is 0.500. The van der Waals surface area contributed by atoms with Gasteiger partial charge in [0, 0.05) is 23.4 Å². The zero-order valence-electron chi connectivity index (χ0n) is 15.7. The van der Waals surface area contributed by atoms with E-state index in [1.807, 2.05) is 0 Å². The van der Waals surface area contributed by atoms with Gasteiger partial charge in [0.15, 0.2) is 15.8 Å². The highest BCUT2D eigenvalue weighted by Crippen LogP contribution is 2.45. The number of fused-ring (bicyclic) bond motifs is 1. The van der Waals surface area contributed by atoms with Gasteiger partial charge >= 0.3 is 6.36 Å². The minimum Gasteiger partial charge on any atom is -0.479 e. The highest BCUT2D eigenvalue weighted by Gasteiger charge is 2.46. The van der Waals surface area contributed by atoms with E-state index >= 15 is 0 Å². The van der Waals surface area contributed by atoms with Gasteiger partial charge in [-0.1, -0.05) is 18.5 Å². The molecule has 1 fully saturated rings. The molecule has 3 rings (SSSR count). The topological polar surface area (TPSA) is 72.9 Å². The fourth-order valence-corrected chi connectivity index (χ4v) is 4.24. The summed E-state index contributed by atoms with van der Waals surface area (Å²) in [5.41, 5.74) is 0.185. The summed E-state index contributed by atoms with van der Waals surface area (Å²) < 4.78 is 71.9. The second-order valence-electron chi connectivity index (χ2n) is 6.92. The zero-order valence-corrected chi connectivity index (χ0v) is 17.2. The number of hydrogen-bond donors (Lipinski definition) is 0. The monoisotopic (exact) mass is 453 g/mol. The largest absolute Gasteiger partial charge is 0.573 e. The molecule has 1 atom stereocenters. The van der Waals surface area contributed by atoms with Crippen LogP contribution >= 0.6 is 11.6 Å². The predicted molar refractivity (Wildman–Crippen MR) is 100.0 cm³/mol. The van der Waals surface area contributed by atoms with E-state index in [4.69, 9.17) is 16.3 Å². The van der Waals surface area contributed by atoms with Crippen LogP contribution in [0.2, 0.25) is 5.02 Å². The first kappa shape index (κ1) is 21.8. The molecule has 0 N–H and O–H groups in total. The number of amides is 1. The number of carbonyl (C=O) groups is 1. The van der Waals surface area contributed by atoms with Crippen LogP contribution in [0.3, 0.4) is 0 Å². The number of hydrogen-bond acceptors (Lipinski definition) is 5. The third-order valence-corrected chi connectivity index (χ3v) is 5.47. The van der Waals surface area contributed by atoms with Gasteiger partial charge in [-0.3, -0.25) is 4.79 Å². The molecule has 1 unspecified atom stereocenters. The highest BCUT2D eigenvalue weighted by atomic mass is 35.5. The van der Waals surface area contributed by atoms with Gasteiger partial charge in [-0.25, -0.2) is 8.42 Å². The van der Waals surface area contributed by atoms with Crippen LogP contribution in [0, 0.1) is 0 Å². The zero-order chi connectivity index (χ0) is 21.6. The van der Waals surface area contributed by atoms with Gasteiger partial charge in [0.25, 0.3) is 5.91 Å². The van der Waals surface area contributed by atoms with Crippen LogP contribution in [-0.2, 0) is 25.8 Å². The molecule has 2 aliphatic heterocycles. The van der Waals surface area contributed by atoms with Crippen molar-refractivity contribution < 1.29 is 35.9 Å². The molecule has 2 heterocycles. The van der Waals surface area contributed by atoms with Crippen LogP contribution in [0.5, 0.6) is 5.75 Å². The molecule has 1 aromatic rings. The van der Waals surface area contributed by atoms with Crippen molar-refractivity contribution in [3.05, 3.63) is 34.0 Å². The summed E-state index contributed by atoms with van der Waals surface area (Å²) in [6, 6.07) is 1.93. The molecule has 0 saturated carbocycles. The van der Waals surface area contributed by atoms with Gasteiger partial charge in [0.05, 0.1) is 11.6 Å². The average Bonchev–Trinajstić information content (AvgIpc) is 3.13. The summed E-state index contributed by atoms with van der Waals surface area (Å²) in [7, 11) is -3.54. The minimum atomic E-state index is -5.00. The smallest absolute Gasteiger partial charge is 0.479 e. The summed E-state index contributed by atoms with van der Waals surface area (Å²) in [6.07, 6.45) is -2.56. The number of sulfone groups is 1. The Balaban J connectivity index is 2.22. The van der Waals surface area contributed by atoms with Gasteiger partial charge in [0.2, 0.25) is 0 Å². The lowest BCUT2D eigenvalue weighted by molar-refractivity contribution is -0.274. The average molecular weight is 454 g/mol. The van der Waals surface area contributed by atoms with E-state index in [-0.39, 0.29) is 28.3 Å². The summed E-state index contributed by atoms with van der Waals surface area (Å²) in [4.78, 5) is 14.5. The van der Waals surface area contributed by atoms with Crippen LogP contribution in [0.25, 0.3) is 5.57 Å². The summed E-state index contributed by atoms with van der Waals surface area (Å²) in [5.74, 6) is -1.76. The molecule has 1 aromatic carbocycles. The van der Waals surface area contributed by atoms with Gasteiger partial charge < -0.3 is 14.4 Å². The first-order chi connectivity index (χ1) is 13.4. The van der Waals surface area contributed by atoms with Crippen molar-refractivity contribution in [3.63, 3.8) is 0 Å². The molecule has 29 heavy (non-hydrogen) atoms. The summed E-state index contributed by atoms with van der Waals surface area (Å²) in [5, 5.41) is 0.0231. The number of carbonyl (C=O) groups excluding carboxylic acids is 1. The molecule has 1 amide bonds. The number of ether oxygens (including phenoxy) is 2. The molecule has 2 aliphatic rings. The lowest BCUT2D eigenvalue weighted by Gasteiger charge is -2.18. The van der Waals surface area contributed by atoms with Crippen molar-refractivity contribution in [2.75, 3.05) is 18.7 Å². The Morgan fingerprint density at radius 3 is 2.59 bits per heavy atom. The molecule has 0 aromatic heterocycles. The molecule has 0 aliphatic carbocycles. The number of rotatable bonds is 6. The van der Waals surface area contributed by atoms with Gasteiger partial charge in [-0.15, -0.1) is 13.2 Å². The van der Waals surface area contributed by atoms with Gasteiger partial charge in [-0.2, -0.15) is 0 Å². The number of halogens is 4. The summed E-state index contributed by atoms with van der Waals surface area (Å²) in [6.45, 7) is 2.11. The first-order valence-corrected chi connectivity index (χ1v) is 11.3. The number of alkyl halides is 3. The second kappa shape index (κ2) is 7.71. The Kier molecular flexibility index (Phi) is 5.79. The van der Waals surface area contributed by atoms with Gasteiger partial charge in [0.1, 0.15) is 11.5 Å². The van der Waals surface area contributed by atoms with Crippen molar-refractivity contribution in [1.82, 2.24) is 4.90 Å². The molecular weight excluding hydrogens is 435 g/mol. The summed E-state index contributed by atoms with van der Waals surface area (Å²) >= 11 is 5.96. The maximum absolute atomic E-state index is 13.1. The van der Waals surface area contributed by atoms with E-state index in [0.29, 0.717) is 24.9 Å². The van der Waals surface area contributed by atoms with Crippen molar-refractivity contribution >= 4 is 32.9 Å². The maximum Gasteiger partial charge on any atom is 0.573 e. The third-order valence-electron chi connectivity index (χ3n) is 4.71. The van der Waals surface area contributed by atoms with Crippen LogP contribution in [0.1, 0.15) is 30.9 Å². The van der Waals surface area contributed by atoms with E-state index in [1.54, 1.807) is 6.92 Å². The Morgan fingerprint density at radius 1 is 1.31 bits per heavy atom. The Hall–Kier alpha value is -1.94. The van der Waals surface area contributed by atoms with E-state index in [2.05, 4.69) is 4.74 Å². The normalized spacial score (nSPS) is 19.7. The molecule has 0 radical (unpaired) electrons. The third kappa shape index (κ3) is 4.63. The number of nitrogens with zero attached hydrogens (tertiary/aromatic N) is 1. The van der Waals surface area contributed by atoms with Crippen LogP contribution < -0.4 is 4.74 Å². The van der Waals surface area contributed by atoms with E-state index in [0.717, 1.165) is 12.3 Å². The van der Waals surface area contributed by atoms with Crippen molar-refractivity contribution in [3.8, 4) is 5.75 Å². The molecule has 11 heteroatoms. The quantitative estimate of drug-likeness (QED) is 0.658. The Bertz CT molecular complexity index is 974. The minimum absolute atomic E-state index is 0.0231. The fourth-order valence-electron chi connectivity index (χ4n) is 3.67. The van der Waals surface area contributed by atoms with Crippen molar-refractivity contribution in [2.24, 2.45) is 0 Å². The number of aryl methyl sites for hydroxylation is 1. The standard InChI is InChI=1S/C18H19ClF3NO5S/c1-3-10-7-11(19)8-13(28-18(20,21)22)14(10)15-16(27-9-29(2,25)26)12-5-4-6-23(12)17(15)24/h7-8,12H,3-6,9H2,1-2H3. The molecule has 160 valence electrons. The van der Waals surface area contributed by atoms with Crippen LogP contribution in [-0.4, -0.2) is 50.4 Å². The lowest BCUT2D eigenvalue weighted by atomic mass is 9.95. The van der Waals surface area contributed by atoms with E-state index in [1.165, 1.54) is 11.0 Å². The Morgan fingerprint density at radius 2 is 2.00 bits per heavy atom. The Labute approximate surface area is 171 Å². The molecule has 0 spiro atoms. The predicted octanol–water partition coefficient (Wildman–Crippen LogP) is 3.54. The first-order valence-electron chi connectivity index (χ1n) is 8.85. The second-order valence-corrected chi connectivity index (χ2v) is 9.45. The molecule has 6 nitrogen and oxygen atoms in total. The van der Waals surface area contributed by atoms with Crippen LogP contribution in [0.15, 0.2) is 17.9 Å². The van der Waals surface area contributed by atoms with Crippen LogP contribution in [0.4, 0.5) is 13.2 Å². The van der Waals surface area contributed by atoms with Crippen molar-refractivity contribution in [2.45, 2.75) is 38.6 Å². The number of benzene rings is 1. The molecule has 0 bridgehead atoms. The van der Waals surface area contributed by atoms with Crippen molar-refractivity contribution in [1.29, 1.82) is 0 Å².